The summed E-state index contributed by atoms with van der Waals surface area (Å²) < 4.78 is 0. The van der Waals surface area contributed by atoms with Crippen LogP contribution in [0.1, 0.15) is 0 Å². The minimum atomic E-state index is 0.129. The van der Waals surface area contributed by atoms with Gasteiger partial charge >= 0.3 is 0 Å². The molecule has 6 N–H and O–H groups in total. The van der Waals surface area contributed by atoms with Gasteiger partial charge in [-0.2, -0.15) is 0 Å². The van der Waals surface area contributed by atoms with E-state index >= 15 is 0 Å². The van der Waals surface area contributed by atoms with Gasteiger partial charge in [-0.15, -0.1) is 0 Å². The summed E-state index contributed by atoms with van der Waals surface area (Å²) in [5.74, 6) is 1.51. The second-order valence-corrected chi connectivity index (χ2v) is 5.09. The lowest BCUT2D eigenvalue weighted by Crippen LogP contribution is -2.34. The number of hydrogen-bond acceptors (Lipinski definition) is 5. The van der Waals surface area contributed by atoms with Crippen molar-refractivity contribution in [2.75, 3.05) is 25.6 Å². The largest absolute Gasteiger partial charge is 0.379 e. The highest BCUT2D eigenvalue weighted by Crippen LogP contribution is 2.11. The van der Waals surface area contributed by atoms with E-state index in [9.17, 15) is 0 Å². The third-order valence-electron chi connectivity index (χ3n) is 1.59. The van der Waals surface area contributed by atoms with E-state index in [1.165, 1.54) is 23.5 Å². The second kappa shape index (κ2) is 6.97. The van der Waals surface area contributed by atoms with Crippen molar-refractivity contribution in [2.45, 2.75) is 6.04 Å². The molecule has 0 spiro atoms. The van der Waals surface area contributed by atoms with Crippen molar-refractivity contribution in [3.8, 4) is 0 Å². The fraction of sp³-hybridized carbons (Fsp3) is 0.714. The van der Waals surface area contributed by atoms with Gasteiger partial charge in [0.1, 0.15) is 0 Å². The van der Waals surface area contributed by atoms with E-state index in [0.29, 0.717) is 0 Å². The summed E-state index contributed by atoms with van der Waals surface area (Å²) in [5, 5.41) is 14.4. The van der Waals surface area contributed by atoms with Gasteiger partial charge in [-0.3, -0.25) is 10.8 Å². The van der Waals surface area contributed by atoms with Crippen molar-refractivity contribution in [3.05, 3.63) is 0 Å². The molecule has 82 valence electrons. The zero-order valence-corrected chi connectivity index (χ0v) is 10.0. The SMILES string of the molecule is CN(C)C(CSC(=N)N)CSC(=N)N. The van der Waals surface area contributed by atoms with Crippen LogP contribution in [-0.4, -0.2) is 46.9 Å². The summed E-state index contributed by atoms with van der Waals surface area (Å²) in [4.78, 5) is 2.05. The van der Waals surface area contributed by atoms with Gasteiger partial charge in [0.2, 0.25) is 0 Å². The molecule has 0 aromatic heterocycles. The van der Waals surface area contributed by atoms with E-state index in [2.05, 4.69) is 0 Å². The fourth-order valence-corrected chi connectivity index (χ4v) is 2.44. The zero-order valence-electron chi connectivity index (χ0n) is 8.41. The van der Waals surface area contributed by atoms with Crippen LogP contribution in [0, 0.1) is 10.8 Å². The molecule has 0 radical (unpaired) electrons. The average molecular weight is 235 g/mol. The van der Waals surface area contributed by atoms with E-state index in [4.69, 9.17) is 22.3 Å². The van der Waals surface area contributed by atoms with Gasteiger partial charge in [0.15, 0.2) is 10.3 Å². The lowest BCUT2D eigenvalue weighted by molar-refractivity contribution is 0.345. The Morgan fingerprint density at radius 1 is 1.14 bits per heavy atom. The van der Waals surface area contributed by atoms with Crippen molar-refractivity contribution < 1.29 is 0 Å². The molecule has 0 fully saturated rings. The maximum atomic E-state index is 7.09. The van der Waals surface area contributed by atoms with Crippen LogP contribution in [-0.2, 0) is 0 Å². The van der Waals surface area contributed by atoms with Gasteiger partial charge in [-0.05, 0) is 14.1 Å². The summed E-state index contributed by atoms with van der Waals surface area (Å²) in [5.41, 5.74) is 10.5. The summed E-state index contributed by atoms with van der Waals surface area (Å²) >= 11 is 2.63. The molecule has 0 aliphatic carbocycles. The first kappa shape index (κ1) is 13.6. The second-order valence-electron chi connectivity index (χ2n) is 2.97. The zero-order chi connectivity index (χ0) is 11.1. The van der Waals surface area contributed by atoms with Gasteiger partial charge in [-0.25, -0.2) is 0 Å². The summed E-state index contributed by atoms with van der Waals surface area (Å²) in [6.45, 7) is 0. The van der Waals surface area contributed by atoms with Crippen molar-refractivity contribution >= 4 is 33.9 Å². The Morgan fingerprint density at radius 3 is 1.71 bits per heavy atom. The first-order valence-electron chi connectivity index (χ1n) is 4.03. The monoisotopic (exact) mass is 235 g/mol. The van der Waals surface area contributed by atoms with Crippen molar-refractivity contribution in [1.82, 2.24) is 4.90 Å². The maximum absolute atomic E-state index is 7.09. The molecule has 0 aromatic rings. The van der Waals surface area contributed by atoms with Crippen LogP contribution in [0.25, 0.3) is 0 Å². The standard InChI is InChI=1S/C7H17N5S2/c1-12(2)5(3-13-6(8)9)4-14-7(10)11/h5H,3-4H2,1-2H3,(H3,8,9)(H3,10,11). The molecule has 14 heavy (non-hydrogen) atoms. The number of nitrogens with one attached hydrogen (secondary N) is 2. The molecule has 0 saturated heterocycles. The Labute approximate surface area is 93.0 Å². The highest BCUT2D eigenvalue weighted by atomic mass is 32.2. The van der Waals surface area contributed by atoms with E-state index in [1.807, 2.05) is 19.0 Å². The van der Waals surface area contributed by atoms with Gasteiger partial charge < -0.3 is 16.4 Å². The number of rotatable bonds is 5. The molecule has 0 atom stereocenters. The quantitative estimate of drug-likeness (QED) is 0.402. The molecular formula is C7H17N5S2. The fourth-order valence-electron chi connectivity index (χ4n) is 0.718. The number of nitrogens with zero attached hydrogens (tertiary/aromatic N) is 1. The lowest BCUT2D eigenvalue weighted by Gasteiger charge is -2.22. The van der Waals surface area contributed by atoms with Crippen molar-refractivity contribution in [1.29, 1.82) is 10.8 Å². The minimum Gasteiger partial charge on any atom is -0.379 e. The molecule has 7 heteroatoms. The first-order chi connectivity index (χ1) is 6.43. The van der Waals surface area contributed by atoms with Crippen LogP contribution in [0.15, 0.2) is 0 Å². The Hall–Kier alpha value is -0.400. The summed E-state index contributed by atoms with van der Waals surface area (Å²) in [6.07, 6.45) is 0. The Morgan fingerprint density at radius 2 is 1.50 bits per heavy atom. The highest BCUT2D eigenvalue weighted by Gasteiger charge is 2.12. The van der Waals surface area contributed by atoms with Crippen LogP contribution < -0.4 is 11.5 Å². The minimum absolute atomic E-state index is 0.129. The lowest BCUT2D eigenvalue weighted by atomic mass is 10.4. The normalized spacial score (nSPS) is 12.8. The smallest absolute Gasteiger partial charge is 0.151 e. The maximum Gasteiger partial charge on any atom is 0.151 e. The van der Waals surface area contributed by atoms with E-state index in [0.717, 1.165) is 11.5 Å². The van der Waals surface area contributed by atoms with Gasteiger partial charge in [0.25, 0.3) is 0 Å². The van der Waals surface area contributed by atoms with E-state index < -0.39 is 0 Å². The van der Waals surface area contributed by atoms with Gasteiger partial charge in [-0.1, -0.05) is 23.5 Å². The highest BCUT2D eigenvalue weighted by molar-refractivity contribution is 8.14. The van der Waals surface area contributed by atoms with Crippen LogP contribution in [0.2, 0.25) is 0 Å². The van der Waals surface area contributed by atoms with E-state index in [-0.39, 0.29) is 16.4 Å². The van der Waals surface area contributed by atoms with Crippen LogP contribution >= 0.6 is 23.5 Å². The molecule has 5 nitrogen and oxygen atoms in total. The number of thioether (sulfide) groups is 2. The number of hydrogen-bond donors (Lipinski definition) is 4. The molecule has 0 amide bonds. The third-order valence-corrected chi connectivity index (χ3v) is 3.32. The van der Waals surface area contributed by atoms with Crippen molar-refractivity contribution in [2.24, 2.45) is 11.5 Å². The van der Waals surface area contributed by atoms with E-state index in [1.54, 1.807) is 0 Å². The predicted molar refractivity (Wildman–Crippen MR) is 66.2 cm³/mol. The third kappa shape index (κ3) is 7.05. The number of nitrogens with two attached hydrogens (primary N) is 2. The van der Waals surface area contributed by atoms with Gasteiger partial charge in [0.05, 0.1) is 0 Å². The molecule has 0 saturated carbocycles. The summed E-state index contributed by atoms with van der Waals surface area (Å²) in [7, 11) is 3.93. The molecule has 0 aliphatic rings. The first-order valence-corrected chi connectivity index (χ1v) is 6.00. The number of amidine groups is 2. The Kier molecular flexibility index (Phi) is 6.77. The molecule has 0 heterocycles. The molecule has 0 aliphatic heterocycles. The topological polar surface area (TPSA) is 103 Å². The molecule has 0 rings (SSSR count). The Balaban J connectivity index is 3.89. The molecule has 0 aromatic carbocycles. The average Bonchev–Trinajstić information content (AvgIpc) is 2.02. The van der Waals surface area contributed by atoms with Gasteiger partial charge in [0, 0.05) is 17.5 Å². The Bertz CT molecular complexity index is 188. The van der Waals surface area contributed by atoms with Crippen LogP contribution in [0.3, 0.4) is 0 Å². The predicted octanol–water partition coefficient (Wildman–Crippen LogP) is 0.170. The molecule has 0 unspecified atom stereocenters. The molecule has 0 bridgehead atoms. The summed E-state index contributed by atoms with van der Waals surface area (Å²) in [6, 6.07) is 0.276. The molecular weight excluding hydrogens is 218 g/mol. The van der Waals surface area contributed by atoms with Crippen molar-refractivity contribution in [3.63, 3.8) is 0 Å². The van der Waals surface area contributed by atoms with Crippen LogP contribution in [0.5, 0.6) is 0 Å². The van der Waals surface area contributed by atoms with Crippen LogP contribution in [0.4, 0.5) is 0 Å².